The maximum atomic E-state index is 14.1. The van der Waals surface area contributed by atoms with Gasteiger partial charge in [0.2, 0.25) is 5.95 Å². The molecule has 24 heavy (non-hydrogen) atoms. The highest BCUT2D eigenvalue weighted by molar-refractivity contribution is 5.71. The molecule has 1 atom stereocenters. The minimum Gasteiger partial charge on any atom is -0.354 e. The van der Waals surface area contributed by atoms with Crippen LogP contribution in [-0.2, 0) is 0 Å². The molecule has 2 aromatic heterocycles. The van der Waals surface area contributed by atoms with E-state index in [1.807, 2.05) is 0 Å². The van der Waals surface area contributed by atoms with Crippen molar-refractivity contribution >= 4 is 17.1 Å². The molecule has 8 heteroatoms. The average Bonchev–Trinajstić information content (AvgIpc) is 2.90. The Morgan fingerprint density at radius 3 is 2.96 bits per heavy atom. The van der Waals surface area contributed by atoms with Crippen molar-refractivity contribution in [3.05, 3.63) is 52.3 Å². The summed E-state index contributed by atoms with van der Waals surface area (Å²) in [5.74, 6) is 0.0473. The SMILES string of the molecule is C[C@@H](c1ccccc1F)n1c(=O)[nH]c2cnc(NCCCN)nc21. The first kappa shape index (κ1) is 16.1. The van der Waals surface area contributed by atoms with Gasteiger partial charge in [-0.1, -0.05) is 18.2 Å². The highest BCUT2D eigenvalue weighted by Gasteiger charge is 2.19. The smallest absolute Gasteiger partial charge is 0.328 e. The molecule has 7 nitrogen and oxygen atoms in total. The number of H-pyrrole nitrogens is 1. The van der Waals surface area contributed by atoms with Crippen molar-refractivity contribution in [2.75, 3.05) is 18.4 Å². The first-order valence-corrected chi connectivity index (χ1v) is 7.77. The van der Waals surface area contributed by atoms with Crippen LogP contribution < -0.4 is 16.7 Å². The Kier molecular flexibility index (Phi) is 4.57. The molecule has 0 fully saturated rings. The normalized spacial score (nSPS) is 12.5. The van der Waals surface area contributed by atoms with E-state index < -0.39 is 6.04 Å². The van der Waals surface area contributed by atoms with Gasteiger partial charge < -0.3 is 16.0 Å². The Labute approximate surface area is 137 Å². The fourth-order valence-corrected chi connectivity index (χ4v) is 2.62. The molecule has 0 aliphatic rings. The lowest BCUT2D eigenvalue weighted by molar-refractivity contribution is 0.555. The molecule has 0 bridgehead atoms. The van der Waals surface area contributed by atoms with Crippen LogP contribution in [0.3, 0.4) is 0 Å². The van der Waals surface area contributed by atoms with E-state index in [2.05, 4.69) is 20.3 Å². The van der Waals surface area contributed by atoms with Gasteiger partial charge in [0.1, 0.15) is 11.3 Å². The van der Waals surface area contributed by atoms with Crippen LogP contribution in [0, 0.1) is 5.82 Å². The number of hydrogen-bond acceptors (Lipinski definition) is 5. The molecule has 4 N–H and O–H groups in total. The van der Waals surface area contributed by atoms with E-state index in [4.69, 9.17) is 5.73 Å². The number of aromatic amines is 1. The van der Waals surface area contributed by atoms with Crippen molar-refractivity contribution in [3.8, 4) is 0 Å². The number of nitrogens with one attached hydrogen (secondary N) is 2. The molecule has 0 unspecified atom stereocenters. The molecular formula is C16H19FN6O. The van der Waals surface area contributed by atoms with E-state index in [0.29, 0.717) is 35.8 Å². The van der Waals surface area contributed by atoms with Crippen LogP contribution >= 0.6 is 0 Å². The van der Waals surface area contributed by atoms with E-state index in [-0.39, 0.29) is 11.5 Å². The van der Waals surface area contributed by atoms with Crippen molar-refractivity contribution in [1.29, 1.82) is 0 Å². The summed E-state index contributed by atoms with van der Waals surface area (Å²) in [6, 6.07) is 5.89. The largest absolute Gasteiger partial charge is 0.354 e. The minimum atomic E-state index is -0.501. The molecule has 3 aromatic rings. The second-order valence-corrected chi connectivity index (χ2v) is 5.50. The molecular weight excluding hydrogens is 311 g/mol. The molecule has 126 valence electrons. The number of hydrogen-bond donors (Lipinski definition) is 3. The molecule has 0 radical (unpaired) electrons. The highest BCUT2D eigenvalue weighted by atomic mass is 19.1. The number of benzene rings is 1. The van der Waals surface area contributed by atoms with Crippen molar-refractivity contribution in [1.82, 2.24) is 19.5 Å². The third kappa shape index (κ3) is 3.00. The van der Waals surface area contributed by atoms with Crippen molar-refractivity contribution in [3.63, 3.8) is 0 Å². The minimum absolute atomic E-state index is 0.353. The van der Waals surface area contributed by atoms with E-state index in [1.54, 1.807) is 31.3 Å². The molecule has 2 heterocycles. The molecule has 0 amide bonds. The fourth-order valence-electron chi connectivity index (χ4n) is 2.62. The summed E-state index contributed by atoms with van der Waals surface area (Å²) in [7, 11) is 0. The van der Waals surface area contributed by atoms with Crippen LogP contribution in [0.25, 0.3) is 11.2 Å². The van der Waals surface area contributed by atoms with E-state index in [0.717, 1.165) is 6.42 Å². The van der Waals surface area contributed by atoms with Gasteiger partial charge in [-0.3, -0.25) is 4.57 Å². The Bertz CT molecular complexity index is 903. The van der Waals surface area contributed by atoms with E-state index >= 15 is 0 Å². The molecule has 0 saturated heterocycles. The zero-order valence-electron chi connectivity index (χ0n) is 13.3. The third-order valence-corrected chi connectivity index (χ3v) is 3.86. The first-order valence-electron chi connectivity index (χ1n) is 7.77. The summed E-state index contributed by atoms with van der Waals surface area (Å²) < 4.78 is 15.5. The average molecular weight is 330 g/mol. The predicted molar refractivity (Wildman–Crippen MR) is 90.5 cm³/mol. The molecule has 0 aliphatic carbocycles. The second-order valence-electron chi connectivity index (χ2n) is 5.50. The molecule has 3 rings (SSSR count). The lowest BCUT2D eigenvalue weighted by atomic mass is 10.1. The lowest BCUT2D eigenvalue weighted by Crippen LogP contribution is -2.22. The van der Waals surface area contributed by atoms with Crippen LogP contribution in [0.1, 0.15) is 24.9 Å². The summed E-state index contributed by atoms with van der Waals surface area (Å²) in [6.07, 6.45) is 2.33. The van der Waals surface area contributed by atoms with E-state index in [1.165, 1.54) is 10.6 Å². The topological polar surface area (TPSA) is 102 Å². The number of rotatable bonds is 6. The Morgan fingerprint density at radius 1 is 1.42 bits per heavy atom. The van der Waals surface area contributed by atoms with Gasteiger partial charge in [-0.2, -0.15) is 4.98 Å². The first-order chi connectivity index (χ1) is 11.6. The van der Waals surface area contributed by atoms with Gasteiger partial charge >= 0.3 is 5.69 Å². The van der Waals surface area contributed by atoms with Gasteiger partial charge in [0, 0.05) is 12.1 Å². The summed E-state index contributed by atoms with van der Waals surface area (Å²) in [4.78, 5) is 23.6. The van der Waals surface area contributed by atoms with Gasteiger partial charge in [0.15, 0.2) is 5.65 Å². The Morgan fingerprint density at radius 2 is 2.21 bits per heavy atom. The number of nitrogens with two attached hydrogens (primary N) is 1. The Hall–Kier alpha value is -2.74. The predicted octanol–water partition coefficient (Wildman–Crippen LogP) is 1.63. The summed E-state index contributed by atoms with van der Waals surface area (Å²) in [5.41, 5.74) is 6.48. The quantitative estimate of drug-likeness (QED) is 0.596. The van der Waals surface area contributed by atoms with Gasteiger partial charge in [-0.25, -0.2) is 14.2 Å². The molecule has 0 aliphatic heterocycles. The van der Waals surface area contributed by atoms with Gasteiger partial charge in [-0.15, -0.1) is 0 Å². The van der Waals surface area contributed by atoms with Crippen LogP contribution in [0.2, 0.25) is 0 Å². The van der Waals surface area contributed by atoms with Crippen molar-refractivity contribution in [2.45, 2.75) is 19.4 Å². The maximum absolute atomic E-state index is 14.1. The number of anilines is 1. The summed E-state index contributed by atoms with van der Waals surface area (Å²) >= 11 is 0. The van der Waals surface area contributed by atoms with Crippen LogP contribution in [0.4, 0.5) is 10.3 Å². The fraction of sp³-hybridized carbons (Fsp3) is 0.312. The molecule has 1 aromatic carbocycles. The van der Waals surface area contributed by atoms with Crippen LogP contribution in [0.5, 0.6) is 0 Å². The van der Waals surface area contributed by atoms with Crippen molar-refractivity contribution in [2.24, 2.45) is 5.73 Å². The zero-order chi connectivity index (χ0) is 17.1. The summed E-state index contributed by atoms with van der Waals surface area (Å²) in [6.45, 7) is 2.96. The van der Waals surface area contributed by atoms with Gasteiger partial charge in [0.25, 0.3) is 0 Å². The monoisotopic (exact) mass is 330 g/mol. The zero-order valence-corrected chi connectivity index (χ0v) is 13.3. The number of imidazole rings is 1. The van der Waals surface area contributed by atoms with Crippen LogP contribution in [-0.4, -0.2) is 32.6 Å². The van der Waals surface area contributed by atoms with E-state index in [9.17, 15) is 9.18 Å². The summed E-state index contributed by atoms with van der Waals surface area (Å²) in [5, 5.41) is 3.06. The third-order valence-electron chi connectivity index (χ3n) is 3.86. The number of aromatic nitrogens is 4. The maximum Gasteiger partial charge on any atom is 0.328 e. The highest BCUT2D eigenvalue weighted by Crippen LogP contribution is 2.22. The second kappa shape index (κ2) is 6.79. The van der Waals surface area contributed by atoms with Crippen molar-refractivity contribution < 1.29 is 4.39 Å². The number of nitrogens with zero attached hydrogens (tertiary/aromatic N) is 3. The number of halogens is 1. The standard InChI is InChI=1S/C16H19FN6O/c1-10(11-5-2-3-6-12(11)17)23-14-13(21-16(23)24)9-20-15(22-14)19-8-4-7-18/h2-3,5-6,9-10H,4,7-8,18H2,1H3,(H,21,24)(H,19,20,22)/t10-/m0/s1. The number of fused-ring (bicyclic) bond motifs is 1. The van der Waals surface area contributed by atoms with Gasteiger partial charge in [-0.05, 0) is 26.0 Å². The Balaban J connectivity index is 2.03. The molecule has 0 saturated carbocycles. The van der Waals surface area contributed by atoms with Gasteiger partial charge in [0.05, 0.1) is 12.2 Å². The lowest BCUT2D eigenvalue weighted by Gasteiger charge is -2.14. The molecule has 0 spiro atoms. The van der Waals surface area contributed by atoms with Crippen LogP contribution in [0.15, 0.2) is 35.3 Å².